The molecule has 96 valence electrons. The molecule has 1 aromatic rings. The monoisotopic (exact) mass is 234 g/mol. The molecular weight excluding hydrogens is 208 g/mol. The minimum Gasteiger partial charge on any atom is -0.271 e. The molecule has 0 spiro atoms. The first-order chi connectivity index (χ1) is 8.31. The Bertz CT molecular complexity index is 292. The fraction of sp³-hybridized carbons (Fsp3) is 0.600. The summed E-state index contributed by atoms with van der Waals surface area (Å²) in [5.41, 5.74) is 5.65. The van der Waals surface area contributed by atoms with Gasteiger partial charge in [0.1, 0.15) is 0 Å². The zero-order valence-corrected chi connectivity index (χ0v) is 11.2. The lowest BCUT2D eigenvalue weighted by Crippen LogP contribution is -2.27. The number of rotatable bonds is 8. The molecule has 0 aromatic heterocycles. The van der Waals surface area contributed by atoms with Crippen molar-refractivity contribution in [2.24, 2.45) is 5.84 Å². The van der Waals surface area contributed by atoms with Gasteiger partial charge in [-0.2, -0.15) is 0 Å². The minimum absolute atomic E-state index is 0.303. The summed E-state index contributed by atoms with van der Waals surface area (Å²) in [6, 6.07) is 9.17. The van der Waals surface area contributed by atoms with E-state index in [9.17, 15) is 0 Å². The van der Waals surface area contributed by atoms with E-state index in [4.69, 9.17) is 5.84 Å². The summed E-state index contributed by atoms with van der Waals surface area (Å²) in [4.78, 5) is 0. The topological polar surface area (TPSA) is 38.0 Å². The van der Waals surface area contributed by atoms with E-state index in [0.717, 1.165) is 12.8 Å². The van der Waals surface area contributed by atoms with Crippen LogP contribution in [-0.2, 0) is 6.42 Å². The Kier molecular flexibility index (Phi) is 6.90. The molecular formula is C15H26N2. The summed E-state index contributed by atoms with van der Waals surface area (Å²) >= 11 is 0. The first-order valence-corrected chi connectivity index (χ1v) is 6.86. The van der Waals surface area contributed by atoms with Gasteiger partial charge in [-0.15, -0.1) is 0 Å². The number of hydrogen-bond acceptors (Lipinski definition) is 2. The van der Waals surface area contributed by atoms with E-state index in [2.05, 4.69) is 43.5 Å². The molecule has 1 aromatic carbocycles. The van der Waals surface area contributed by atoms with Crippen LogP contribution in [-0.4, -0.2) is 0 Å². The molecule has 0 amide bonds. The van der Waals surface area contributed by atoms with E-state index >= 15 is 0 Å². The molecule has 1 unspecified atom stereocenters. The molecule has 0 heterocycles. The summed E-state index contributed by atoms with van der Waals surface area (Å²) in [5, 5.41) is 0. The van der Waals surface area contributed by atoms with Crippen molar-refractivity contribution in [1.29, 1.82) is 0 Å². The van der Waals surface area contributed by atoms with Crippen LogP contribution in [0.4, 0.5) is 0 Å². The molecule has 3 N–H and O–H groups in total. The second-order valence-electron chi connectivity index (χ2n) is 4.71. The first-order valence-electron chi connectivity index (χ1n) is 6.86. The number of nitrogens with one attached hydrogen (secondary N) is 1. The highest BCUT2D eigenvalue weighted by Crippen LogP contribution is 2.20. The van der Waals surface area contributed by atoms with Crippen molar-refractivity contribution in [2.45, 2.75) is 58.4 Å². The second-order valence-corrected chi connectivity index (χ2v) is 4.71. The van der Waals surface area contributed by atoms with Gasteiger partial charge in [0.05, 0.1) is 0 Å². The average molecular weight is 234 g/mol. The third kappa shape index (κ3) is 4.88. The maximum absolute atomic E-state index is 5.63. The standard InChI is InChI=1S/C15H26N2/c1-3-5-6-8-15(17-16)14-11-9-13(7-4-2)10-12-14/h9-12,15,17H,3-8,16H2,1-2H3. The number of hydrazine groups is 1. The Labute approximate surface area is 106 Å². The molecule has 0 aliphatic heterocycles. The normalized spacial score (nSPS) is 12.6. The molecule has 17 heavy (non-hydrogen) atoms. The second kappa shape index (κ2) is 8.26. The van der Waals surface area contributed by atoms with E-state index in [-0.39, 0.29) is 0 Å². The number of nitrogens with two attached hydrogens (primary N) is 1. The van der Waals surface area contributed by atoms with Crippen molar-refractivity contribution in [2.75, 3.05) is 0 Å². The van der Waals surface area contributed by atoms with Crippen molar-refractivity contribution in [3.63, 3.8) is 0 Å². The summed E-state index contributed by atoms with van der Waals surface area (Å²) < 4.78 is 0. The van der Waals surface area contributed by atoms with Crippen LogP contribution in [0, 0.1) is 0 Å². The number of benzene rings is 1. The van der Waals surface area contributed by atoms with Crippen LogP contribution in [0.5, 0.6) is 0 Å². The molecule has 1 rings (SSSR count). The highest BCUT2D eigenvalue weighted by atomic mass is 15.2. The lowest BCUT2D eigenvalue weighted by atomic mass is 9.99. The molecule has 0 fully saturated rings. The predicted molar refractivity (Wildman–Crippen MR) is 74.6 cm³/mol. The predicted octanol–water partition coefficient (Wildman–Crippen LogP) is 3.72. The van der Waals surface area contributed by atoms with Crippen LogP contribution >= 0.6 is 0 Å². The van der Waals surface area contributed by atoms with Gasteiger partial charge in [0.2, 0.25) is 0 Å². The Morgan fingerprint density at radius 3 is 2.29 bits per heavy atom. The molecule has 2 nitrogen and oxygen atoms in total. The van der Waals surface area contributed by atoms with E-state index in [1.165, 1.54) is 36.8 Å². The third-order valence-corrected chi connectivity index (χ3v) is 3.22. The molecule has 0 aliphatic rings. The summed E-state index contributed by atoms with van der Waals surface area (Å²) in [6.45, 7) is 4.44. The number of aryl methyl sites for hydroxylation is 1. The van der Waals surface area contributed by atoms with Gasteiger partial charge < -0.3 is 0 Å². The van der Waals surface area contributed by atoms with Gasteiger partial charge in [0.25, 0.3) is 0 Å². The molecule has 0 bridgehead atoms. The molecule has 0 saturated carbocycles. The van der Waals surface area contributed by atoms with Gasteiger partial charge in [-0.1, -0.05) is 63.8 Å². The molecule has 1 atom stereocenters. The van der Waals surface area contributed by atoms with Crippen LogP contribution in [0.15, 0.2) is 24.3 Å². The van der Waals surface area contributed by atoms with Gasteiger partial charge in [-0.3, -0.25) is 11.3 Å². The zero-order chi connectivity index (χ0) is 12.5. The van der Waals surface area contributed by atoms with Crippen molar-refractivity contribution in [3.05, 3.63) is 35.4 Å². The number of hydrogen-bond donors (Lipinski definition) is 2. The lowest BCUT2D eigenvalue weighted by Gasteiger charge is -2.16. The van der Waals surface area contributed by atoms with Crippen LogP contribution in [0.25, 0.3) is 0 Å². The van der Waals surface area contributed by atoms with E-state index < -0.39 is 0 Å². The zero-order valence-electron chi connectivity index (χ0n) is 11.2. The maximum Gasteiger partial charge on any atom is 0.0460 e. The van der Waals surface area contributed by atoms with Crippen molar-refractivity contribution >= 4 is 0 Å². The van der Waals surface area contributed by atoms with Gasteiger partial charge in [0.15, 0.2) is 0 Å². The molecule has 0 aliphatic carbocycles. The van der Waals surface area contributed by atoms with Crippen LogP contribution in [0.2, 0.25) is 0 Å². The highest BCUT2D eigenvalue weighted by Gasteiger charge is 2.08. The third-order valence-electron chi connectivity index (χ3n) is 3.22. The lowest BCUT2D eigenvalue weighted by molar-refractivity contribution is 0.487. The SMILES string of the molecule is CCCCCC(NN)c1ccc(CCC)cc1. The smallest absolute Gasteiger partial charge is 0.0460 e. The summed E-state index contributed by atoms with van der Waals surface area (Å²) in [7, 11) is 0. The van der Waals surface area contributed by atoms with Crippen molar-refractivity contribution in [3.8, 4) is 0 Å². The molecule has 2 heteroatoms. The summed E-state index contributed by atoms with van der Waals surface area (Å²) in [5.74, 6) is 5.63. The average Bonchev–Trinajstić information content (AvgIpc) is 2.36. The Morgan fingerprint density at radius 1 is 1.06 bits per heavy atom. The van der Waals surface area contributed by atoms with E-state index in [1.54, 1.807) is 0 Å². The largest absolute Gasteiger partial charge is 0.271 e. The Hall–Kier alpha value is -0.860. The first kappa shape index (κ1) is 14.2. The molecule has 0 saturated heterocycles. The van der Waals surface area contributed by atoms with Gasteiger partial charge in [-0.25, -0.2) is 0 Å². The molecule has 0 radical (unpaired) electrons. The number of unbranched alkanes of at least 4 members (excludes halogenated alkanes) is 2. The van der Waals surface area contributed by atoms with Gasteiger partial charge >= 0.3 is 0 Å². The highest BCUT2D eigenvalue weighted by molar-refractivity contribution is 5.25. The van der Waals surface area contributed by atoms with E-state index in [0.29, 0.717) is 6.04 Å². The fourth-order valence-corrected chi connectivity index (χ4v) is 2.15. The minimum atomic E-state index is 0.303. The van der Waals surface area contributed by atoms with Crippen molar-refractivity contribution in [1.82, 2.24) is 5.43 Å². The Balaban J connectivity index is 2.55. The maximum atomic E-state index is 5.63. The fourth-order valence-electron chi connectivity index (χ4n) is 2.15. The summed E-state index contributed by atoms with van der Waals surface area (Å²) in [6.07, 6.45) is 7.27. The Morgan fingerprint density at radius 2 is 1.76 bits per heavy atom. The van der Waals surface area contributed by atoms with E-state index in [1.807, 2.05) is 0 Å². The van der Waals surface area contributed by atoms with Gasteiger partial charge in [-0.05, 0) is 24.0 Å². The van der Waals surface area contributed by atoms with Crippen LogP contribution in [0.3, 0.4) is 0 Å². The quantitative estimate of drug-likeness (QED) is 0.409. The van der Waals surface area contributed by atoms with Gasteiger partial charge in [0, 0.05) is 6.04 Å². The van der Waals surface area contributed by atoms with Crippen molar-refractivity contribution < 1.29 is 0 Å². The van der Waals surface area contributed by atoms with Crippen LogP contribution < -0.4 is 11.3 Å². The van der Waals surface area contributed by atoms with Crippen LogP contribution in [0.1, 0.15) is 63.1 Å².